The van der Waals surface area contributed by atoms with Crippen molar-refractivity contribution in [3.8, 4) is 0 Å². The SMILES string of the molecule is Cn1nc(C(F)(F)F)nc1CNC(=O)[C@@H]1[C@H](C(=O)O)C1(C)C. The number of carbonyl (C=O) groups excluding carboxylic acids is 1. The van der Waals surface area contributed by atoms with Crippen LogP contribution in [0, 0.1) is 17.3 Å². The average Bonchev–Trinajstić information content (AvgIpc) is 2.73. The van der Waals surface area contributed by atoms with Gasteiger partial charge >= 0.3 is 12.1 Å². The van der Waals surface area contributed by atoms with Crippen LogP contribution < -0.4 is 5.32 Å². The van der Waals surface area contributed by atoms with Crippen LogP contribution in [0.5, 0.6) is 0 Å². The molecule has 2 rings (SSSR count). The first-order valence-corrected chi connectivity index (χ1v) is 6.44. The van der Waals surface area contributed by atoms with Crippen LogP contribution in [0.25, 0.3) is 0 Å². The molecule has 1 aliphatic rings. The first-order valence-electron chi connectivity index (χ1n) is 6.44. The predicted molar refractivity (Wildman–Crippen MR) is 66.2 cm³/mol. The van der Waals surface area contributed by atoms with Crippen molar-refractivity contribution in [1.82, 2.24) is 20.1 Å². The van der Waals surface area contributed by atoms with Crippen molar-refractivity contribution < 1.29 is 27.9 Å². The summed E-state index contributed by atoms with van der Waals surface area (Å²) < 4.78 is 38.3. The summed E-state index contributed by atoms with van der Waals surface area (Å²) in [7, 11) is 1.28. The second-order valence-electron chi connectivity index (χ2n) is 5.81. The van der Waals surface area contributed by atoms with E-state index in [0.717, 1.165) is 4.68 Å². The Bertz CT molecular complexity index is 624. The second kappa shape index (κ2) is 4.96. The van der Waals surface area contributed by atoms with Gasteiger partial charge in [-0.05, 0) is 5.41 Å². The van der Waals surface area contributed by atoms with Crippen LogP contribution in [0.3, 0.4) is 0 Å². The van der Waals surface area contributed by atoms with Gasteiger partial charge in [-0.15, -0.1) is 5.10 Å². The second-order valence-corrected chi connectivity index (χ2v) is 5.81. The number of carbonyl (C=O) groups is 2. The van der Waals surface area contributed by atoms with Gasteiger partial charge in [-0.3, -0.25) is 14.3 Å². The van der Waals surface area contributed by atoms with Crippen LogP contribution in [0.1, 0.15) is 25.5 Å². The first-order chi connectivity index (χ1) is 9.96. The van der Waals surface area contributed by atoms with E-state index < -0.39 is 41.1 Å². The Hall–Kier alpha value is -2.13. The van der Waals surface area contributed by atoms with E-state index in [1.54, 1.807) is 13.8 Å². The highest BCUT2D eigenvalue weighted by Gasteiger charge is 2.65. The lowest BCUT2D eigenvalue weighted by molar-refractivity contribution is -0.145. The highest BCUT2D eigenvalue weighted by atomic mass is 19.4. The Morgan fingerprint density at radius 3 is 2.36 bits per heavy atom. The first kappa shape index (κ1) is 16.2. The molecule has 0 spiro atoms. The summed E-state index contributed by atoms with van der Waals surface area (Å²) in [5, 5.41) is 14.6. The van der Waals surface area contributed by atoms with Crippen molar-refractivity contribution in [3.63, 3.8) is 0 Å². The standard InChI is InChI=1S/C12H15F3N4O3/c1-11(2)6(7(11)9(21)22)8(20)16-4-5-17-10(12(13,14)15)18-19(5)3/h6-7H,4H2,1-3H3,(H,16,20)(H,21,22)/t6-,7+/m0/s1. The topological polar surface area (TPSA) is 97.1 Å². The largest absolute Gasteiger partial charge is 0.481 e. The number of alkyl halides is 3. The number of nitrogens with one attached hydrogen (secondary N) is 1. The zero-order valence-electron chi connectivity index (χ0n) is 12.1. The van der Waals surface area contributed by atoms with Gasteiger partial charge in [-0.25, -0.2) is 4.98 Å². The third-order valence-electron chi connectivity index (χ3n) is 3.90. The summed E-state index contributed by atoms with van der Waals surface area (Å²) in [4.78, 5) is 26.3. The third kappa shape index (κ3) is 2.77. The normalized spacial score (nSPS) is 23.2. The zero-order chi connectivity index (χ0) is 16.9. The summed E-state index contributed by atoms with van der Waals surface area (Å²) in [5.41, 5.74) is -0.674. The van der Waals surface area contributed by atoms with Crippen LogP contribution >= 0.6 is 0 Å². The molecule has 1 fully saturated rings. The maximum atomic E-state index is 12.5. The van der Waals surface area contributed by atoms with Gasteiger partial charge in [0.05, 0.1) is 18.4 Å². The number of aryl methyl sites for hydroxylation is 1. The molecule has 7 nitrogen and oxygen atoms in total. The molecule has 2 atom stereocenters. The zero-order valence-corrected chi connectivity index (χ0v) is 12.1. The molecule has 10 heteroatoms. The minimum absolute atomic E-state index is 0.0639. The quantitative estimate of drug-likeness (QED) is 0.855. The summed E-state index contributed by atoms with van der Waals surface area (Å²) in [6, 6.07) is 0. The smallest absolute Gasteiger partial charge is 0.453 e. The molecule has 0 aliphatic heterocycles. The lowest BCUT2D eigenvalue weighted by Crippen LogP contribution is -2.28. The van der Waals surface area contributed by atoms with Gasteiger partial charge in [-0.2, -0.15) is 13.2 Å². The van der Waals surface area contributed by atoms with E-state index in [9.17, 15) is 22.8 Å². The van der Waals surface area contributed by atoms with Gasteiger partial charge in [0, 0.05) is 7.05 Å². The summed E-state index contributed by atoms with van der Waals surface area (Å²) >= 11 is 0. The highest BCUT2D eigenvalue weighted by Crippen LogP contribution is 2.58. The van der Waals surface area contributed by atoms with Crippen LogP contribution in [-0.2, 0) is 29.4 Å². The van der Waals surface area contributed by atoms with Gasteiger partial charge < -0.3 is 10.4 Å². The van der Waals surface area contributed by atoms with Gasteiger partial charge in [0.15, 0.2) is 0 Å². The van der Waals surface area contributed by atoms with Gasteiger partial charge in [0.1, 0.15) is 5.82 Å². The molecule has 22 heavy (non-hydrogen) atoms. The number of hydrogen-bond acceptors (Lipinski definition) is 4. The maximum absolute atomic E-state index is 12.5. The number of amides is 1. The Labute approximate surface area is 123 Å². The van der Waals surface area contributed by atoms with Crippen molar-refractivity contribution in [3.05, 3.63) is 11.6 Å². The fraction of sp³-hybridized carbons (Fsp3) is 0.667. The van der Waals surface area contributed by atoms with Gasteiger partial charge in [0.25, 0.3) is 5.82 Å². The summed E-state index contributed by atoms with van der Waals surface area (Å²) in [6.07, 6.45) is -4.66. The number of hydrogen-bond donors (Lipinski definition) is 2. The predicted octanol–water partition coefficient (Wildman–Crippen LogP) is 0.807. The molecule has 1 aliphatic carbocycles. The molecule has 1 aromatic heterocycles. The lowest BCUT2D eigenvalue weighted by atomic mass is 10.1. The number of rotatable bonds is 4. The van der Waals surface area contributed by atoms with Crippen molar-refractivity contribution in [2.24, 2.45) is 24.3 Å². The number of nitrogens with zero attached hydrogens (tertiary/aromatic N) is 3. The summed E-state index contributed by atoms with van der Waals surface area (Å²) in [5.74, 6) is -4.43. The number of aromatic nitrogens is 3. The van der Waals surface area contributed by atoms with Crippen molar-refractivity contribution in [2.75, 3.05) is 0 Å². The van der Waals surface area contributed by atoms with Crippen molar-refractivity contribution in [2.45, 2.75) is 26.6 Å². The molecule has 0 aromatic carbocycles. The molecule has 2 N–H and O–H groups in total. The number of carboxylic acids is 1. The molecule has 0 bridgehead atoms. The van der Waals surface area contributed by atoms with Crippen LogP contribution in [0.2, 0.25) is 0 Å². The maximum Gasteiger partial charge on any atom is 0.453 e. The van der Waals surface area contributed by atoms with Crippen molar-refractivity contribution in [1.29, 1.82) is 0 Å². The Kier molecular flexibility index (Phi) is 3.66. The van der Waals surface area contributed by atoms with Gasteiger partial charge in [0.2, 0.25) is 5.91 Å². The molecule has 122 valence electrons. The monoisotopic (exact) mass is 320 g/mol. The number of halogens is 3. The van der Waals surface area contributed by atoms with E-state index in [1.165, 1.54) is 7.05 Å². The molecule has 1 saturated carbocycles. The van der Waals surface area contributed by atoms with E-state index in [2.05, 4.69) is 15.4 Å². The Balaban J connectivity index is 2.01. The molecule has 1 heterocycles. The minimum atomic E-state index is -4.66. The molecular formula is C12H15F3N4O3. The van der Waals surface area contributed by atoms with E-state index in [0.29, 0.717) is 0 Å². The van der Waals surface area contributed by atoms with Crippen LogP contribution in [0.4, 0.5) is 13.2 Å². The molecule has 1 amide bonds. The summed E-state index contributed by atoms with van der Waals surface area (Å²) in [6.45, 7) is 3.05. The fourth-order valence-electron chi connectivity index (χ4n) is 2.55. The third-order valence-corrected chi connectivity index (χ3v) is 3.90. The molecule has 0 radical (unpaired) electrons. The average molecular weight is 320 g/mol. The fourth-order valence-corrected chi connectivity index (χ4v) is 2.55. The Morgan fingerprint density at radius 2 is 1.95 bits per heavy atom. The molecule has 0 unspecified atom stereocenters. The Morgan fingerprint density at radius 1 is 1.36 bits per heavy atom. The number of carboxylic acid groups (broad SMARTS) is 1. The van der Waals surface area contributed by atoms with E-state index >= 15 is 0 Å². The lowest BCUT2D eigenvalue weighted by Gasteiger charge is -2.05. The van der Waals surface area contributed by atoms with Crippen molar-refractivity contribution >= 4 is 11.9 Å². The molecular weight excluding hydrogens is 305 g/mol. The van der Waals surface area contributed by atoms with E-state index in [1.807, 2.05) is 0 Å². The highest BCUT2D eigenvalue weighted by molar-refractivity contribution is 5.91. The number of aliphatic carboxylic acids is 1. The van der Waals surface area contributed by atoms with E-state index in [-0.39, 0.29) is 12.4 Å². The van der Waals surface area contributed by atoms with E-state index in [4.69, 9.17) is 5.11 Å². The van der Waals surface area contributed by atoms with Crippen LogP contribution in [0.15, 0.2) is 0 Å². The molecule has 0 saturated heterocycles. The van der Waals surface area contributed by atoms with Crippen LogP contribution in [-0.4, -0.2) is 31.7 Å². The molecule has 1 aromatic rings. The minimum Gasteiger partial charge on any atom is -0.481 e. The van der Waals surface area contributed by atoms with Gasteiger partial charge in [-0.1, -0.05) is 13.8 Å².